The van der Waals surface area contributed by atoms with Crippen molar-refractivity contribution in [3.63, 3.8) is 0 Å². The number of aliphatic carboxylic acids is 1. The SMILES string of the molecule is CCC(C(=O)O)C(CC=CCC12CCC(CC1)C2)c1cc(OC)ccc1OC. The Morgan fingerprint density at radius 2 is 2.00 bits per heavy atom. The molecule has 1 aromatic carbocycles. The van der Waals surface area contributed by atoms with Gasteiger partial charge in [-0.1, -0.05) is 19.1 Å². The molecule has 2 aliphatic rings. The zero-order valence-electron chi connectivity index (χ0n) is 17.4. The number of rotatable bonds is 10. The van der Waals surface area contributed by atoms with Crippen LogP contribution in [-0.4, -0.2) is 25.3 Å². The van der Waals surface area contributed by atoms with Crippen LogP contribution in [0, 0.1) is 17.3 Å². The Hall–Kier alpha value is -1.97. The Labute approximate surface area is 168 Å². The molecule has 28 heavy (non-hydrogen) atoms. The Kier molecular flexibility index (Phi) is 6.69. The number of fused-ring (bicyclic) bond motifs is 2. The van der Waals surface area contributed by atoms with Crippen molar-refractivity contribution in [3.05, 3.63) is 35.9 Å². The molecule has 0 spiro atoms. The van der Waals surface area contributed by atoms with E-state index in [2.05, 4.69) is 12.2 Å². The number of carbonyl (C=O) groups is 1. The first-order valence-corrected chi connectivity index (χ1v) is 10.6. The van der Waals surface area contributed by atoms with Crippen molar-refractivity contribution in [1.82, 2.24) is 0 Å². The average molecular weight is 387 g/mol. The molecule has 0 amide bonds. The summed E-state index contributed by atoms with van der Waals surface area (Å²) in [6.45, 7) is 1.94. The summed E-state index contributed by atoms with van der Waals surface area (Å²) in [5.41, 5.74) is 1.45. The maximum absolute atomic E-state index is 11.9. The molecule has 2 saturated carbocycles. The van der Waals surface area contributed by atoms with Crippen molar-refractivity contribution in [3.8, 4) is 11.5 Å². The van der Waals surface area contributed by atoms with E-state index in [1.165, 1.54) is 32.1 Å². The van der Waals surface area contributed by atoms with Crippen LogP contribution in [0.3, 0.4) is 0 Å². The molecule has 0 radical (unpaired) electrons. The second-order valence-corrected chi connectivity index (χ2v) is 8.63. The molecule has 4 nitrogen and oxygen atoms in total. The predicted octanol–water partition coefficient (Wildman–Crippen LogP) is 5.81. The molecule has 1 aromatic rings. The molecule has 1 N–H and O–H groups in total. The molecule has 4 heteroatoms. The third-order valence-corrected chi connectivity index (χ3v) is 7.07. The van der Waals surface area contributed by atoms with E-state index in [-0.39, 0.29) is 5.92 Å². The van der Waals surface area contributed by atoms with E-state index in [4.69, 9.17) is 9.47 Å². The standard InChI is InChI=1S/C24H34O4/c1-4-19(23(25)26)20(21-15-18(27-2)8-9-22(21)28-3)7-5-6-12-24-13-10-17(16-24)11-14-24/h5-6,8-9,15,17,19-20H,4,7,10-14,16H2,1-3H3,(H,25,26). The largest absolute Gasteiger partial charge is 0.497 e. The van der Waals surface area contributed by atoms with Gasteiger partial charge < -0.3 is 14.6 Å². The number of ether oxygens (including phenoxy) is 2. The van der Waals surface area contributed by atoms with E-state index >= 15 is 0 Å². The summed E-state index contributed by atoms with van der Waals surface area (Å²) < 4.78 is 10.9. The van der Waals surface area contributed by atoms with Gasteiger partial charge in [-0.15, -0.1) is 0 Å². The van der Waals surface area contributed by atoms with Gasteiger partial charge in [0.1, 0.15) is 11.5 Å². The molecule has 154 valence electrons. The minimum absolute atomic E-state index is 0.138. The first-order chi connectivity index (χ1) is 13.5. The normalized spacial score (nSPS) is 25.8. The van der Waals surface area contributed by atoms with Crippen LogP contribution in [0.5, 0.6) is 11.5 Å². The number of hydrogen-bond donors (Lipinski definition) is 1. The van der Waals surface area contributed by atoms with Gasteiger partial charge >= 0.3 is 5.97 Å². The van der Waals surface area contributed by atoms with Crippen molar-refractivity contribution >= 4 is 5.97 Å². The zero-order chi connectivity index (χ0) is 20.1. The lowest BCUT2D eigenvalue weighted by molar-refractivity contribution is -0.142. The van der Waals surface area contributed by atoms with Crippen LogP contribution in [0.15, 0.2) is 30.4 Å². The van der Waals surface area contributed by atoms with Crippen LogP contribution >= 0.6 is 0 Å². The highest BCUT2D eigenvalue weighted by molar-refractivity contribution is 5.71. The molecule has 3 rings (SSSR count). The molecule has 0 aliphatic heterocycles. The molecule has 0 heterocycles. The van der Waals surface area contributed by atoms with Crippen LogP contribution < -0.4 is 9.47 Å². The number of methoxy groups -OCH3 is 2. The fourth-order valence-electron chi connectivity index (χ4n) is 5.44. The van der Waals surface area contributed by atoms with Gasteiger partial charge in [-0.05, 0) is 80.9 Å². The van der Waals surface area contributed by atoms with E-state index in [0.717, 1.165) is 29.4 Å². The van der Waals surface area contributed by atoms with Crippen molar-refractivity contribution in [2.75, 3.05) is 14.2 Å². The fraction of sp³-hybridized carbons (Fsp3) is 0.625. The van der Waals surface area contributed by atoms with Crippen LogP contribution in [0.4, 0.5) is 0 Å². The smallest absolute Gasteiger partial charge is 0.307 e. The van der Waals surface area contributed by atoms with E-state index in [1.807, 2.05) is 25.1 Å². The molecule has 2 unspecified atom stereocenters. The lowest BCUT2D eigenvalue weighted by atomic mass is 9.79. The highest BCUT2D eigenvalue weighted by Crippen LogP contribution is 2.56. The first kappa shape index (κ1) is 20.8. The first-order valence-electron chi connectivity index (χ1n) is 10.6. The van der Waals surface area contributed by atoms with E-state index < -0.39 is 11.9 Å². The summed E-state index contributed by atoms with van der Waals surface area (Å²) in [7, 11) is 3.26. The Morgan fingerprint density at radius 1 is 1.25 bits per heavy atom. The van der Waals surface area contributed by atoms with E-state index in [9.17, 15) is 9.90 Å². The molecule has 2 atom stereocenters. The molecule has 0 aromatic heterocycles. The zero-order valence-corrected chi connectivity index (χ0v) is 17.4. The second-order valence-electron chi connectivity index (χ2n) is 8.63. The van der Waals surface area contributed by atoms with Gasteiger partial charge in [-0.25, -0.2) is 0 Å². The summed E-state index contributed by atoms with van der Waals surface area (Å²) in [4.78, 5) is 11.9. The maximum atomic E-state index is 11.9. The van der Waals surface area contributed by atoms with Crippen molar-refractivity contribution in [2.45, 2.75) is 64.2 Å². The molecular formula is C24H34O4. The Balaban J connectivity index is 1.79. The summed E-state index contributed by atoms with van der Waals surface area (Å²) in [5.74, 6) is 1.07. The van der Waals surface area contributed by atoms with Crippen LogP contribution in [0.1, 0.15) is 69.8 Å². The topological polar surface area (TPSA) is 55.8 Å². The second kappa shape index (κ2) is 9.02. The van der Waals surface area contributed by atoms with Crippen LogP contribution in [0.2, 0.25) is 0 Å². The summed E-state index contributed by atoms with van der Waals surface area (Å²) in [5, 5.41) is 9.81. The molecular weight excluding hydrogens is 352 g/mol. The van der Waals surface area contributed by atoms with Crippen LogP contribution in [0.25, 0.3) is 0 Å². The predicted molar refractivity (Wildman–Crippen MR) is 111 cm³/mol. The lowest BCUT2D eigenvalue weighted by Crippen LogP contribution is -2.22. The summed E-state index contributed by atoms with van der Waals surface area (Å²) in [6, 6.07) is 5.66. The molecule has 2 fully saturated rings. The minimum atomic E-state index is -0.751. The Bertz CT molecular complexity index is 701. The fourth-order valence-corrected chi connectivity index (χ4v) is 5.44. The molecule has 2 bridgehead atoms. The number of hydrogen-bond acceptors (Lipinski definition) is 3. The monoisotopic (exact) mass is 386 g/mol. The molecule has 0 saturated heterocycles. The number of allylic oxidation sites excluding steroid dienone is 2. The number of carboxylic acids is 1. The van der Waals surface area contributed by atoms with Gasteiger partial charge in [0.05, 0.1) is 20.1 Å². The Morgan fingerprint density at radius 3 is 2.54 bits per heavy atom. The quantitative estimate of drug-likeness (QED) is 0.515. The number of carboxylic acid groups (broad SMARTS) is 1. The highest BCUT2D eigenvalue weighted by Gasteiger charge is 2.43. The van der Waals surface area contributed by atoms with Crippen molar-refractivity contribution in [2.24, 2.45) is 17.3 Å². The van der Waals surface area contributed by atoms with E-state index in [1.54, 1.807) is 14.2 Å². The average Bonchev–Trinajstić information content (AvgIpc) is 3.30. The maximum Gasteiger partial charge on any atom is 0.307 e. The van der Waals surface area contributed by atoms with Gasteiger partial charge in [-0.2, -0.15) is 0 Å². The third kappa shape index (κ3) is 4.37. The van der Waals surface area contributed by atoms with Crippen molar-refractivity contribution in [1.29, 1.82) is 0 Å². The van der Waals surface area contributed by atoms with Gasteiger partial charge in [-0.3, -0.25) is 4.79 Å². The summed E-state index contributed by atoms with van der Waals surface area (Å²) in [6.07, 6.45) is 13.8. The minimum Gasteiger partial charge on any atom is -0.497 e. The van der Waals surface area contributed by atoms with Crippen LogP contribution in [-0.2, 0) is 4.79 Å². The van der Waals surface area contributed by atoms with Gasteiger partial charge in [0.2, 0.25) is 0 Å². The van der Waals surface area contributed by atoms with Gasteiger partial charge in [0, 0.05) is 11.5 Å². The third-order valence-electron chi connectivity index (χ3n) is 7.07. The highest BCUT2D eigenvalue weighted by atomic mass is 16.5. The number of benzene rings is 1. The lowest BCUT2D eigenvalue weighted by Gasteiger charge is -2.26. The van der Waals surface area contributed by atoms with Gasteiger partial charge in [0.25, 0.3) is 0 Å². The van der Waals surface area contributed by atoms with Crippen molar-refractivity contribution < 1.29 is 19.4 Å². The summed E-state index contributed by atoms with van der Waals surface area (Å²) >= 11 is 0. The van der Waals surface area contributed by atoms with E-state index in [0.29, 0.717) is 18.3 Å². The van der Waals surface area contributed by atoms with Gasteiger partial charge in [0.15, 0.2) is 0 Å². The molecule has 2 aliphatic carbocycles.